The van der Waals surface area contributed by atoms with E-state index < -0.39 is 0 Å². The van der Waals surface area contributed by atoms with E-state index in [1.54, 1.807) is 11.8 Å². The van der Waals surface area contributed by atoms with Crippen molar-refractivity contribution in [2.24, 2.45) is 0 Å². The maximum absolute atomic E-state index is 12.4. The summed E-state index contributed by atoms with van der Waals surface area (Å²) in [6, 6.07) is 4.03. The number of hydrogen-bond acceptors (Lipinski definition) is 3. The largest absolute Gasteiger partial charge is 0.507 e. The van der Waals surface area contributed by atoms with Gasteiger partial charge in [0.1, 0.15) is 11.0 Å². The van der Waals surface area contributed by atoms with Gasteiger partial charge in [0.15, 0.2) is 0 Å². The third-order valence-corrected chi connectivity index (χ3v) is 5.80. The molecule has 0 bridgehead atoms. The van der Waals surface area contributed by atoms with E-state index in [2.05, 4.69) is 53.8 Å². The van der Waals surface area contributed by atoms with Crippen LogP contribution in [0.4, 0.5) is 0 Å². The molecule has 2 atom stereocenters. The molecule has 0 radical (unpaired) electrons. The summed E-state index contributed by atoms with van der Waals surface area (Å²) in [7, 11) is 0. The van der Waals surface area contributed by atoms with E-state index in [0.717, 1.165) is 23.1 Å². The number of phenolic OH excluding ortho intramolecular Hbond substituents is 1. The fraction of sp³-hybridized carbons (Fsp3) is 0.632. The van der Waals surface area contributed by atoms with Gasteiger partial charge in [-0.25, -0.2) is 0 Å². The molecular weight excluding hydrogens is 306 g/mol. The van der Waals surface area contributed by atoms with Crippen LogP contribution in [-0.4, -0.2) is 16.4 Å². The summed E-state index contributed by atoms with van der Waals surface area (Å²) in [6.07, 6.45) is 0.920. The molecule has 3 nitrogen and oxygen atoms in total. The Kier molecular flexibility index (Phi) is 4.78. The Hall–Kier alpha value is -1.16. The van der Waals surface area contributed by atoms with E-state index in [0.29, 0.717) is 5.75 Å². The summed E-state index contributed by atoms with van der Waals surface area (Å²) in [5.74, 6) is 0.441. The first kappa shape index (κ1) is 18.2. The van der Waals surface area contributed by atoms with E-state index in [4.69, 9.17) is 0 Å². The second kappa shape index (κ2) is 6.04. The Morgan fingerprint density at radius 3 is 1.91 bits per heavy atom. The third-order valence-electron chi connectivity index (χ3n) is 4.26. The summed E-state index contributed by atoms with van der Waals surface area (Å²) in [5, 5.41) is 13.8. The first-order valence-corrected chi connectivity index (χ1v) is 9.23. The van der Waals surface area contributed by atoms with Crippen LogP contribution in [0.1, 0.15) is 76.8 Å². The number of amides is 1. The van der Waals surface area contributed by atoms with E-state index in [9.17, 15) is 9.90 Å². The minimum absolute atomic E-state index is 0.0762. The number of thioether (sulfide) groups is 1. The van der Waals surface area contributed by atoms with Crippen molar-refractivity contribution in [2.45, 2.75) is 76.3 Å². The molecule has 2 unspecified atom stereocenters. The van der Waals surface area contributed by atoms with Gasteiger partial charge in [-0.2, -0.15) is 0 Å². The molecule has 23 heavy (non-hydrogen) atoms. The van der Waals surface area contributed by atoms with Crippen molar-refractivity contribution in [1.29, 1.82) is 0 Å². The van der Waals surface area contributed by atoms with Gasteiger partial charge in [0.2, 0.25) is 5.91 Å². The Morgan fingerprint density at radius 2 is 1.57 bits per heavy atom. The lowest BCUT2D eigenvalue weighted by Crippen LogP contribution is -2.25. The molecule has 0 saturated carbocycles. The SMILES string of the molecule is CCC1NC(=O)C(c2cc(C(C)(C)C)c(O)c(C(C)(C)C)c2)S1. The minimum Gasteiger partial charge on any atom is -0.507 e. The lowest BCUT2D eigenvalue weighted by Gasteiger charge is -2.29. The van der Waals surface area contributed by atoms with Crippen molar-refractivity contribution < 1.29 is 9.90 Å². The van der Waals surface area contributed by atoms with Gasteiger partial charge < -0.3 is 10.4 Å². The number of carbonyl (C=O) groups is 1. The predicted octanol–water partition coefficient (Wildman–Crippen LogP) is 4.63. The van der Waals surface area contributed by atoms with Gasteiger partial charge >= 0.3 is 0 Å². The molecule has 0 aliphatic carbocycles. The van der Waals surface area contributed by atoms with E-state index in [1.165, 1.54) is 0 Å². The molecule has 128 valence electrons. The summed E-state index contributed by atoms with van der Waals surface area (Å²) in [6.45, 7) is 14.6. The lowest BCUT2D eigenvalue weighted by molar-refractivity contribution is -0.120. The Bertz CT molecular complexity index is 576. The molecule has 1 aliphatic heterocycles. The first-order valence-electron chi connectivity index (χ1n) is 8.29. The molecule has 2 rings (SSSR count). The maximum atomic E-state index is 12.4. The summed E-state index contributed by atoms with van der Waals surface area (Å²) in [4.78, 5) is 12.4. The molecular formula is C19H29NO2S. The second-order valence-corrected chi connectivity index (χ2v) is 9.70. The quantitative estimate of drug-likeness (QED) is 0.828. The fourth-order valence-electron chi connectivity index (χ4n) is 2.87. The average Bonchev–Trinajstić information content (AvgIpc) is 2.77. The number of phenols is 1. The van der Waals surface area contributed by atoms with Gasteiger partial charge in [-0.15, -0.1) is 11.8 Å². The normalized spacial score (nSPS) is 22.3. The van der Waals surface area contributed by atoms with Crippen LogP contribution in [0.15, 0.2) is 12.1 Å². The number of benzene rings is 1. The first-order chi connectivity index (χ1) is 10.4. The summed E-state index contributed by atoms with van der Waals surface area (Å²) >= 11 is 1.67. The smallest absolute Gasteiger partial charge is 0.238 e. The van der Waals surface area contributed by atoms with Crippen molar-refractivity contribution in [3.8, 4) is 5.75 Å². The van der Waals surface area contributed by atoms with Crippen molar-refractivity contribution in [3.05, 3.63) is 28.8 Å². The van der Waals surface area contributed by atoms with E-state index >= 15 is 0 Å². The standard InChI is InChI=1S/C19H29NO2S/c1-8-14-20-17(22)16(23-14)11-9-12(18(2,3)4)15(21)13(10-11)19(5,6)7/h9-10,14,16,21H,8H2,1-7H3,(H,20,22). The van der Waals surface area contributed by atoms with Gasteiger partial charge in [-0.1, -0.05) is 48.5 Å². The van der Waals surface area contributed by atoms with Crippen molar-refractivity contribution in [2.75, 3.05) is 0 Å². The highest BCUT2D eigenvalue weighted by atomic mass is 32.2. The molecule has 0 aromatic heterocycles. The number of aromatic hydroxyl groups is 1. The molecule has 1 aromatic carbocycles. The van der Waals surface area contributed by atoms with Crippen LogP contribution >= 0.6 is 11.8 Å². The predicted molar refractivity (Wildman–Crippen MR) is 98.1 cm³/mol. The number of rotatable bonds is 2. The molecule has 4 heteroatoms. The van der Waals surface area contributed by atoms with Crippen molar-refractivity contribution in [3.63, 3.8) is 0 Å². The molecule has 1 aliphatic rings. The highest BCUT2D eigenvalue weighted by Gasteiger charge is 2.35. The van der Waals surface area contributed by atoms with Crippen LogP contribution in [0.5, 0.6) is 5.75 Å². The van der Waals surface area contributed by atoms with Crippen LogP contribution in [0.3, 0.4) is 0 Å². The zero-order chi connectivity index (χ0) is 17.6. The van der Waals surface area contributed by atoms with Crippen LogP contribution in [-0.2, 0) is 15.6 Å². The van der Waals surface area contributed by atoms with Crippen LogP contribution < -0.4 is 5.32 Å². The van der Waals surface area contributed by atoms with Crippen LogP contribution in [0, 0.1) is 0 Å². The highest BCUT2D eigenvalue weighted by Crippen LogP contribution is 2.45. The van der Waals surface area contributed by atoms with Crippen LogP contribution in [0.2, 0.25) is 0 Å². The monoisotopic (exact) mass is 335 g/mol. The molecule has 1 aromatic rings. The fourth-order valence-corrected chi connectivity index (χ4v) is 4.06. The molecule has 1 fully saturated rings. The topological polar surface area (TPSA) is 49.3 Å². The Labute approximate surface area is 144 Å². The second-order valence-electron chi connectivity index (χ2n) is 8.39. The Morgan fingerprint density at radius 1 is 1.09 bits per heavy atom. The van der Waals surface area contributed by atoms with E-state index in [1.807, 2.05) is 12.1 Å². The molecule has 1 amide bonds. The zero-order valence-corrected chi connectivity index (χ0v) is 16.1. The Balaban J connectivity index is 2.59. The number of nitrogens with one attached hydrogen (secondary N) is 1. The molecule has 0 spiro atoms. The third kappa shape index (κ3) is 3.68. The van der Waals surface area contributed by atoms with Crippen molar-refractivity contribution in [1.82, 2.24) is 5.32 Å². The van der Waals surface area contributed by atoms with Crippen LogP contribution in [0.25, 0.3) is 0 Å². The number of hydrogen-bond donors (Lipinski definition) is 2. The highest BCUT2D eigenvalue weighted by molar-refractivity contribution is 8.01. The summed E-state index contributed by atoms with van der Waals surface area (Å²) in [5.41, 5.74) is 2.46. The molecule has 1 saturated heterocycles. The zero-order valence-electron chi connectivity index (χ0n) is 15.3. The minimum atomic E-state index is -0.192. The van der Waals surface area contributed by atoms with E-state index in [-0.39, 0.29) is 27.4 Å². The van der Waals surface area contributed by atoms with Gasteiger partial charge in [0, 0.05) is 0 Å². The van der Waals surface area contributed by atoms with Gasteiger partial charge in [0.25, 0.3) is 0 Å². The average molecular weight is 336 g/mol. The molecule has 2 N–H and O–H groups in total. The number of carbonyl (C=O) groups excluding carboxylic acids is 1. The van der Waals surface area contributed by atoms with Gasteiger partial charge in [-0.3, -0.25) is 4.79 Å². The lowest BCUT2D eigenvalue weighted by atomic mass is 9.78. The van der Waals surface area contributed by atoms with Crippen molar-refractivity contribution >= 4 is 17.7 Å². The molecule has 1 heterocycles. The van der Waals surface area contributed by atoms with Gasteiger partial charge in [0.05, 0.1) is 5.37 Å². The summed E-state index contributed by atoms with van der Waals surface area (Å²) < 4.78 is 0. The maximum Gasteiger partial charge on any atom is 0.238 e. The van der Waals surface area contributed by atoms with Gasteiger partial charge in [-0.05, 0) is 46.1 Å².